The van der Waals surface area contributed by atoms with Crippen LogP contribution in [0.25, 0.3) is 0 Å². The molecule has 2 rings (SSSR count). The van der Waals surface area contributed by atoms with E-state index in [4.69, 9.17) is 15.2 Å². The Labute approximate surface area is 121 Å². The molecule has 20 heavy (non-hydrogen) atoms. The zero-order valence-corrected chi connectivity index (χ0v) is 12.4. The molecule has 2 saturated carbocycles. The summed E-state index contributed by atoms with van der Waals surface area (Å²) < 4.78 is 0. The maximum absolute atomic E-state index is 10.8. The molecule has 2 unspecified atom stereocenters. The van der Waals surface area contributed by atoms with Crippen LogP contribution in [0.1, 0.15) is 51.4 Å². The van der Waals surface area contributed by atoms with Crippen molar-refractivity contribution in [2.45, 2.75) is 63.7 Å². The lowest BCUT2D eigenvalue weighted by Gasteiger charge is -2.23. The van der Waals surface area contributed by atoms with E-state index in [0.29, 0.717) is 12.7 Å². The Kier molecular flexibility index (Phi) is 8.18. The molecule has 2 atom stereocenters. The van der Waals surface area contributed by atoms with Gasteiger partial charge in [0, 0.05) is 6.04 Å². The number of carbonyl (C=O) groups is 1. The zero-order chi connectivity index (χ0) is 15.0. The Bertz CT molecular complexity index is 282. The lowest BCUT2D eigenvalue weighted by atomic mass is 9.80. The molecule has 6 heteroatoms. The van der Waals surface area contributed by atoms with Crippen molar-refractivity contribution < 1.29 is 19.9 Å². The largest absolute Gasteiger partial charge is 0.481 e. The average Bonchev–Trinajstić information content (AvgIpc) is 2.76. The highest BCUT2D eigenvalue weighted by molar-refractivity contribution is 6.40. The lowest BCUT2D eigenvalue weighted by Crippen LogP contribution is -2.31. The molecule has 0 aromatic carbocycles. The van der Waals surface area contributed by atoms with Gasteiger partial charge in [0.15, 0.2) is 0 Å². The number of rotatable bonds is 6. The molecule has 2 aliphatic carbocycles. The highest BCUT2D eigenvalue weighted by Crippen LogP contribution is 2.35. The molecule has 2 fully saturated rings. The fraction of sp³-hybridized carbons (Fsp3) is 0.929. The minimum absolute atomic E-state index is 0.203. The summed E-state index contributed by atoms with van der Waals surface area (Å²) in [6, 6.07) is 0.866. The van der Waals surface area contributed by atoms with E-state index >= 15 is 0 Å². The highest BCUT2D eigenvalue weighted by atomic mass is 16.4. The van der Waals surface area contributed by atoms with E-state index in [1.807, 2.05) is 7.05 Å². The molecule has 0 aromatic rings. The van der Waals surface area contributed by atoms with Crippen LogP contribution < -0.4 is 5.32 Å². The Morgan fingerprint density at radius 1 is 1.20 bits per heavy atom. The molecule has 0 amide bonds. The van der Waals surface area contributed by atoms with Crippen LogP contribution in [-0.4, -0.2) is 41.3 Å². The zero-order valence-electron chi connectivity index (χ0n) is 12.4. The molecule has 4 N–H and O–H groups in total. The summed E-state index contributed by atoms with van der Waals surface area (Å²) in [5.74, 6) is -0.658. The summed E-state index contributed by atoms with van der Waals surface area (Å²) in [5.41, 5.74) is 0. The van der Waals surface area contributed by atoms with E-state index in [0.717, 1.165) is 31.7 Å². The summed E-state index contributed by atoms with van der Waals surface area (Å²) in [6.07, 6.45) is 8.82. The van der Waals surface area contributed by atoms with Gasteiger partial charge in [-0.2, -0.15) is 0 Å². The van der Waals surface area contributed by atoms with Gasteiger partial charge in [-0.15, -0.1) is 0 Å². The van der Waals surface area contributed by atoms with E-state index in [1.165, 1.54) is 19.3 Å². The third kappa shape index (κ3) is 6.24. The molecule has 0 spiro atoms. The van der Waals surface area contributed by atoms with Crippen molar-refractivity contribution in [1.29, 1.82) is 0 Å². The second-order valence-corrected chi connectivity index (χ2v) is 5.96. The molecule has 0 aromatic heterocycles. The van der Waals surface area contributed by atoms with E-state index in [1.54, 1.807) is 0 Å². The first-order chi connectivity index (χ1) is 9.54. The summed E-state index contributed by atoms with van der Waals surface area (Å²) in [6.45, 7) is 0. The minimum Gasteiger partial charge on any atom is -0.481 e. The predicted molar refractivity (Wildman–Crippen MR) is 79.4 cm³/mol. The van der Waals surface area contributed by atoms with Crippen molar-refractivity contribution in [1.82, 2.24) is 5.32 Å². The van der Waals surface area contributed by atoms with Gasteiger partial charge in [-0.25, -0.2) is 0 Å². The summed E-state index contributed by atoms with van der Waals surface area (Å²) >= 11 is 0. The van der Waals surface area contributed by atoms with E-state index in [-0.39, 0.29) is 11.8 Å². The molecule has 0 aliphatic heterocycles. The smallest absolute Gasteiger partial charge is 0.451 e. The first kappa shape index (κ1) is 17.5. The molecular weight excluding hydrogens is 257 g/mol. The van der Waals surface area contributed by atoms with Gasteiger partial charge < -0.3 is 20.5 Å². The molecule has 0 radical (unpaired) electrons. The maximum atomic E-state index is 10.8. The predicted octanol–water partition coefficient (Wildman–Crippen LogP) is 1.50. The van der Waals surface area contributed by atoms with Gasteiger partial charge in [-0.3, -0.25) is 4.79 Å². The van der Waals surface area contributed by atoms with Crippen LogP contribution in [0, 0.1) is 11.8 Å². The number of nitrogens with one attached hydrogen (secondary N) is 1. The molecule has 0 saturated heterocycles. The summed E-state index contributed by atoms with van der Waals surface area (Å²) in [7, 11) is 0.781. The Balaban J connectivity index is 0.000000276. The Hall–Kier alpha value is -0.585. The SMILES string of the molecule is CNC1CCC1.O=C(O)C1CCCC1CCCB(O)O. The van der Waals surface area contributed by atoms with Gasteiger partial charge >= 0.3 is 13.1 Å². The van der Waals surface area contributed by atoms with Gasteiger partial charge in [0.1, 0.15) is 0 Å². The van der Waals surface area contributed by atoms with Crippen LogP contribution in [0.3, 0.4) is 0 Å². The van der Waals surface area contributed by atoms with Crippen LogP contribution in [0.5, 0.6) is 0 Å². The van der Waals surface area contributed by atoms with Crippen LogP contribution in [-0.2, 0) is 4.79 Å². The van der Waals surface area contributed by atoms with Crippen molar-refractivity contribution >= 4 is 13.1 Å². The fourth-order valence-electron chi connectivity index (χ4n) is 2.97. The first-order valence-electron chi connectivity index (χ1n) is 7.80. The third-order valence-corrected chi connectivity index (χ3v) is 4.53. The molecular formula is C14H28BNO4. The minimum atomic E-state index is -1.25. The van der Waals surface area contributed by atoms with Gasteiger partial charge in [0.25, 0.3) is 0 Å². The summed E-state index contributed by atoms with van der Waals surface area (Å²) in [5, 5.41) is 29.4. The van der Waals surface area contributed by atoms with Crippen LogP contribution >= 0.6 is 0 Å². The van der Waals surface area contributed by atoms with Crippen molar-refractivity contribution in [3.63, 3.8) is 0 Å². The van der Waals surface area contributed by atoms with Crippen molar-refractivity contribution in [3.8, 4) is 0 Å². The van der Waals surface area contributed by atoms with E-state index < -0.39 is 13.1 Å². The Morgan fingerprint density at radius 2 is 1.85 bits per heavy atom. The van der Waals surface area contributed by atoms with Crippen LogP contribution in [0.15, 0.2) is 0 Å². The number of carboxylic acid groups (broad SMARTS) is 1. The number of aliphatic carboxylic acids is 1. The van der Waals surface area contributed by atoms with Gasteiger partial charge in [0.2, 0.25) is 0 Å². The number of hydrogen-bond acceptors (Lipinski definition) is 4. The molecule has 0 heterocycles. The van der Waals surface area contributed by atoms with Gasteiger partial charge in [-0.05, 0) is 45.0 Å². The monoisotopic (exact) mass is 285 g/mol. The van der Waals surface area contributed by atoms with Crippen molar-refractivity contribution in [2.75, 3.05) is 7.05 Å². The fourth-order valence-corrected chi connectivity index (χ4v) is 2.97. The van der Waals surface area contributed by atoms with Crippen molar-refractivity contribution in [2.24, 2.45) is 11.8 Å². The third-order valence-electron chi connectivity index (χ3n) is 4.53. The second-order valence-electron chi connectivity index (χ2n) is 5.96. The van der Waals surface area contributed by atoms with Crippen LogP contribution in [0.4, 0.5) is 0 Å². The van der Waals surface area contributed by atoms with E-state index in [2.05, 4.69) is 5.32 Å². The van der Waals surface area contributed by atoms with Gasteiger partial charge in [0.05, 0.1) is 5.92 Å². The average molecular weight is 285 g/mol. The standard InChI is InChI=1S/C9H17BO4.C5H11N/c11-9(12)8-5-1-3-7(8)4-2-6-10(13)14;1-6-5-3-2-4-5/h7-8,13-14H,1-6H2,(H,11,12);5-6H,2-4H2,1H3. The normalized spacial score (nSPS) is 25.6. The summed E-state index contributed by atoms with van der Waals surface area (Å²) in [4.78, 5) is 10.8. The lowest BCUT2D eigenvalue weighted by molar-refractivity contribution is -0.143. The van der Waals surface area contributed by atoms with Crippen molar-refractivity contribution in [3.05, 3.63) is 0 Å². The van der Waals surface area contributed by atoms with E-state index in [9.17, 15) is 4.79 Å². The second kappa shape index (κ2) is 9.37. The maximum Gasteiger partial charge on any atom is 0.451 e. The van der Waals surface area contributed by atoms with Crippen LogP contribution in [0.2, 0.25) is 6.32 Å². The molecule has 116 valence electrons. The molecule has 2 aliphatic rings. The Morgan fingerprint density at radius 3 is 2.25 bits per heavy atom. The van der Waals surface area contributed by atoms with Gasteiger partial charge in [-0.1, -0.05) is 25.7 Å². The first-order valence-corrected chi connectivity index (χ1v) is 7.80. The number of carboxylic acids is 1. The highest BCUT2D eigenvalue weighted by Gasteiger charge is 2.32. The molecule has 0 bridgehead atoms. The molecule has 5 nitrogen and oxygen atoms in total. The topological polar surface area (TPSA) is 89.8 Å². The quantitative estimate of drug-likeness (QED) is 0.555. The number of hydrogen-bond donors (Lipinski definition) is 4.